The van der Waals surface area contributed by atoms with Crippen LogP contribution < -0.4 is 4.74 Å². The van der Waals surface area contributed by atoms with Gasteiger partial charge in [0.05, 0.1) is 24.9 Å². The quantitative estimate of drug-likeness (QED) is 0.330. The molecule has 0 spiro atoms. The van der Waals surface area contributed by atoms with Crippen LogP contribution in [0.15, 0.2) is 42.5 Å². The van der Waals surface area contributed by atoms with Crippen molar-refractivity contribution in [3.05, 3.63) is 76.5 Å². The largest absolute Gasteiger partial charge is 2.00 e. The zero-order chi connectivity index (χ0) is 21.5. The van der Waals surface area contributed by atoms with Crippen molar-refractivity contribution in [2.75, 3.05) is 6.61 Å². The number of hydrogen-bond donors (Lipinski definition) is 1. The number of hydrogen-bond acceptors (Lipinski definition) is 3. The van der Waals surface area contributed by atoms with Crippen molar-refractivity contribution in [2.45, 2.75) is 57.3 Å². The van der Waals surface area contributed by atoms with Gasteiger partial charge in [0.2, 0.25) is 0 Å². The minimum Gasteiger partial charge on any atom is -0.812 e. The maximum Gasteiger partial charge on any atom is 2.00 e. The number of ether oxygens (including phenoxy) is 2. The van der Waals surface area contributed by atoms with Gasteiger partial charge in [-0.15, -0.1) is 0 Å². The van der Waals surface area contributed by atoms with E-state index in [2.05, 4.69) is 6.92 Å². The predicted octanol–water partition coefficient (Wildman–Crippen LogP) is 5.78. The average Bonchev–Trinajstić information content (AvgIpc) is 3.53. The van der Waals surface area contributed by atoms with Crippen molar-refractivity contribution in [3.8, 4) is 5.75 Å². The summed E-state index contributed by atoms with van der Waals surface area (Å²) in [6, 6.07) is 13.8. The summed E-state index contributed by atoms with van der Waals surface area (Å²) < 4.78 is 11.3. The van der Waals surface area contributed by atoms with E-state index in [9.17, 15) is 10.5 Å². The Morgan fingerprint density at radius 2 is 1.87 bits per heavy atom. The first-order valence-electron chi connectivity index (χ1n) is 10.6. The van der Waals surface area contributed by atoms with Crippen molar-refractivity contribution in [3.63, 3.8) is 0 Å². The topological polar surface area (TPSA) is 61.0 Å². The minimum atomic E-state index is -0.493. The maximum atomic E-state index is 10.0. The van der Waals surface area contributed by atoms with Crippen LogP contribution in [0.2, 0.25) is 5.02 Å². The Morgan fingerprint density at radius 1 is 1.19 bits per heavy atom. The van der Waals surface area contributed by atoms with Crippen LogP contribution in [0.1, 0.15) is 55.4 Å². The van der Waals surface area contributed by atoms with Crippen molar-refractivity contribution in [1.82, 2.24) is 0 Å². The van der Waals surface area contributed by atoms with Gasteiger partial charge in [0, 0.05) is 17.9 Å². The summed E-state index contributed by atoms with van der Waals surface area (Å²) in [5.41, 5.74) is 3.10. The fourth-order valence-electron chi connectivity index (χ4n) is 3.38. The molecule has 168 valence electrons. The van der Waals surface area contributed by atoms with Gasteiger partial charge in [0.1, 0.15) is 5.75 Å². The molecule has 1 saturated heterocycles. The number of nitrogens with zero attached hydrogens (tertiary/aromatic N) is 1. The Balaban J connectivity index is 0.000000613. The van der Waals surface area contributed by atoms with E-state index in [0.29, 0.717) is 30.9 Å². The molecule has 2 fully saturated rings. The molecule has 0 unspecified atom stereocenters. The van der Waals surface area contributed by atoms with E-state index in [1.165, 1.54) is 12.8 Å². The zero-order valence-corrected chi connectivity index (χ0v) is 21.1. The maximum absolute atomic E-state index is 10.0. The predicted molar refractivity (Wildman–Crippen MR) is 122 cm³/mol. The van der Waals surface area contributed by atoms with Gasteiger partial charge >= 0.3 is 19.8 Å². The Labute approximate surface area is 203 Å². The summed E-state index contributed by atoms with van der Waals surface area (Å²) in [5, 5.41) is 20.0. The van der Waals surface area contributed by atoms with Gasteiger partial charge in [0.15, 0.2) is 0 Å². The first kappa shape index (κ1) is 26.0. The summed E-state index contributed by atoms with van der Waals surface area (Å²) >= 11 is 6.39. The van der Waals surface area contributed by atoms with Crippen LogP contribution >= 0.6 is 11.6 Å². The first-order chi connectivity index (χ1) is 14.5. The van der Waals surface area contributed by atoms with Gasteiger partial charge < -0.3 is 26.9 Å². The summed E-state index contributed by atoms with van der Waals surface area (Å²) in [4.78, 5) is 0. The third-order valence-corrected chi connectivity index (χ3v) is 5.63. The number of aliphatic hydroxyl groups is 1. The summed E-state index contributed by atoms with van der Waals surface area (Å²) in [5.74, 6) is 1.69. The third-order valence-electron chi connectivity index (χ3n) is 5.26. The van der Waals surface area contributed by atoms with Gasteiger partial charge in [-0.1, -0.05) is 48.7 Å². The molecule has 2 aromatic rings. The van der Waals surface area contributed by atoms with Crippen molar-refractivity contribution < 1.29 is 34.4 Å². The van der Waals surface area contributed by atoms with E-state index in [1.807, 2.05) is 49.4 Å². The molecule has 4 rings (SSSR count). The molecule has 2 aromatic carbocycles. The Kier molecular flexibility index (Phi) is 10.7. The molecule has 31 heavy (non-hydrogen) atoms. The fraction of sp³-hybridized carbons (Fsp3) is 0.440. The average molecular weight is 618 g/mol. The van der Waals surface area contributed by atoms with Gasteiger partial charge in [-0.05, 0) is 48.2 Å². The van der Waals surface area contributed by atoms with Crippen molar-refractivity contribution in [2.24, 2.45) is 5.92 Å². The fourth-order valence-corrected chi connectivity index (χ4v) is 3.57. The molecule has 6 heteroatoms. The summed E-state index contributed by atoms with van der Waals surface area (Å²) in [6.07, 6.45) is 4.18. The van der Waals surface area contributed by atoms with Crippen LogP contribution in [0.25, 0.3) is 5.41 Å². The second kappa shape index (κ2) is 12.7. The van der Waals surface area contributed by atoms with Crippen LogP contribution in [0.5, 0.6) is 5.75 Å². The summed E-state index contributed by atoms with van der Waals surface area (Å²) in [6.45, 7) is 6.36. The van der Waals surface area contributed by atoms with Gasteiger partial charge in [-0.2, -0.15) is 12.1 Å². The van der Waals surface area contributed by atoms with Gasteiger partial charge in [-0.25, -0.2) is 0 Å². The molecule has 1 aliphatic carbocycles. The SMILES string of the molecule is CCOc1ccc(Cc2cc([C@H]3C[C@@H](O)C[C@@H](C=[N-])O3)ccc2Cl)cc1.[CH2-]C1CC1.[Os+2]. The molecule has 0 amide bonds. The van der Waals surface area contributed by atoms with E-state index in [-0.39, 0.29) is 25.9 Å². The molecule has 0 radical (unpaired) electrons. The van der Waals surface area contributed by atoms with E-state index >= 15 is 0 Å². The van der Waals surface area contributed by atoms with Crippen molar-refractivity contribution in [1.29, 1.82) is 0 Å². The molecular weight excluding hydrogens is 588 g/mol. The molecule has 0 bridgehead atoms. The van der Waals surface area contributed by atoms with Crippen molar-refractivity contribution >= 4 is 17.8 Å². The van der Waals surface area contributed by atoms with Crippen LogP contribution in [-0.2, 0) is 30.9 Å². The number of aliphatic hydroxyl groups excluding tert-OH is 1. The molecule has 4 nitrogen and oxygen atoms in total. The van der Waals surface area contributed by atoms with E-state index in [4.69, 9.17) is 21.1 Å². The van der Waals surface area contributed by atoms with E-state index in [1.54, 1.807) is 0 Å². The zero-order valence-electron chi connectivity index (χ0n) is 17.8. The molecule has 1 saturated carbocycles. The van der Waals surface area contributed by atoms with Gasteiger partial charge in [0.25, 0.3) is 0 Å². The van der Waals surface area contributed by atoms with Crippen LogP contribution in [0.4, 0.5) is 0 Å². The second-order valence-electron chi connectivity index (χ2n) is 7.99. The first-order valence-corrected chi connectivity index (χ1v) is 11.0. The Hall–Kier alpha value is -1.24. The van der Waals surface area contributed by atoms with Crippen LogP contribution in [0, 0.1) is 12.8 Å². The van der Waals surface area contributed by atoms with Crippen LogP contribution in [0.3, 0.4) is 0 Å². The molecule has 1 N–H and O–H groups in total. The standard InChI is InChI=1S/C21H23ClNO3.C4H7.Os/c1-2-25-18-6-3-14(4-7-18)9-16-10-15(5-8-20(16)22)21-12-17(24)11-19(13-23)26-21;1-4-2-3-4;/h3-8,10,13,17,19,21,24H,2,9,11-12H2,1H3;4H,1-3H2;/q2*-1;+2/t17-,19-,21+;;/m0../s1. The van der Waals surface area contributed by atoms with E-state index in [0.717, 1.165) is 34.6 Å². The molecule has 3 atom stereocenters. The molecular formula is C25H30ClNO3Os. The number of benzene rings is 2. The third kappa shape index (κ3) is 8.32. The molecule has 1 aliphatic heterocycles. The van der Waals surface area contributed by atoms with Gasteiger partial charge in [-0.3, -0.25) is 0 Å². The smallest absolute Gasteiger partial charge is 0.812 e. The van der Waals surface area contributed by atoms with E-state index < -0.39 is 12.2 Å². The van der Waals surface area contributed by atoms with Crippen LogP contribution in [-0.4, -0.2) is 30.1 Å². The number of rotatable bonds is 6. The molecule has 2 aliphatic rings. The Bertz CT molecular complexity index is 826. The second-order valence-corrected chi connectivity index (χ2v) is 8.39. The molecule has 0 aromatic heterocycles. The molecule has 1 heterocycles. The monoisotopic (exact) mass is 619 g/mol. The Morgan fingerprint density at radius 3 is 2.45 bits per heavy atom. The minimum absolute atomic E-state index is 0. The summed E-state index contributed by atoms with van der Waals surface area (Å²) in [7, 11) is 0. The number of halogens is 1. The normalized spacial score (nSPS) is 22.5.